The van der Waals surface area contributed by atoms with E-state index in [-0.39, 0.29) is 15.9 Å². The van der Waals surface area contributed by atoms with Gasteiger partial charge in [0.15, 0.2) is 5.58 Å². The van der Waals surface area contributed by atoms with Crippen LogP contribution >= 0.6 is 0 Å². The number of carbonyl (C=O) groups is 1. The van der Waals surface area contributed by atoms with Crippen molar-refractivity contribution >= 4 is 38.4 Å². The van der Waals surface area contributed by atoms with Crippen LogP contribution in [0.4, 0.5) is 11.4 Å². The summed E-state index contributed by atoms with van der Waals surface area (Å²) in [5.74, 6) is 0.190. The number of hydrogen-bond acceptors (Lipinski definition) is 5. The molecule has 0 aliphatic rings. The number of oxazole rings is 1. The first kappa shape index (κ1) is 22.5. The van der Waals surface area contributed by atoms with Crippen molar-refractivity contribution in [3.8, 4) is 0 Å². The van der Waals surface area contributed by atoms with Crippen LogP contribution in [0.25, 0.3) is 11.1 Å². The van der Waals surface area contributed by atoms with Gasteiger partial charge >= 0.3 is 0 Å². The minimum Gasteiger partial charge on any atom is -0.440 e. The maximum Gasteiger partial charge on any atom is 0.264 e. The van der Waals surface area contributed by atoms with E-state index >= 15 is 0 Å². The molecule has 8 heteroatoms. The van der Waals surface area contributed by atoms with Crippen molar-refractivity contribution in [3.05, 3.63) is 84.3 Å². The van der Waals surface area contributed by atoms with E-state index in [4.69, 9.17) is 4.42 Å². The molecule has 0 aliphatic heterocycles. The first-order valence-corrected chi connectivity index (χ1v) is 11.9. The lowest BCUT2D eigenvalue weighted by Crippen LogP contribution is -2.26. The normalized spacial score (nSPS) is 12.0. The van der Waals surface area contributed by atoms with Gasteiger partial charge < -0.3 is 9.73 Å². The molecule has 1 aromatic heterocycles. The van der Waals surface area contributed by atoms with Crippen molar-refractivity contribution in [2.24, 2.45) is 0 Å². The number of benzene rings is 3. The molecule has 4 rings (SSSR count). The zero-order chi connectivity index (χ0) is 23.8. The van der Waals surface area contributed by atoms with E-state index in [0.717, 1.165) is 0 Å². The number of nitrogens with zero attached hydrogens (tertiary/aromatic N) is 2. The van der Waals surface area contributed by atoms with Crippen molar-refractivity contribution in [1.82, 2.24) is 4.98 Å². The Kier molecular flexibility index (Phi) is 5.71. The smallest absolute Gasteiger partial charge is 0.264 e. The molecule has 0 aliphatic carbocycles. The van der Waals surface area contributed by atoms with Crippen LogP contribution in [0.5, 0.6) is 0 Å². The monoisotopic (exact) mass is 463 g/mol. The van der Waals surface area contributed by atoms with E-state index in [2.05, 4.69) is 10.3 Å². The van der Waals surface area contributed by atoms with E-state index in [0.29, 0.717) is 28.4 Å². The van der Waals surface area contributed by atoms with Gasteiger partial charge in [0.25, 0.3) is 15.9 Å². The summed E-state index contributed by atoms with van der Waals surface area (Å²) >= 11 is 0. The van der Waals surface area contributed by atoms with Crippen LogP contribution in [0.3, 0.4) is 0 Å². The molecule has 1 N–H and O–H groups in total. The quantitative estimate of drug-likeness (QED) is 0.439. The largest absolute Gasteiger partial charge is 0.440 e. The van der Waals surface area contributed by atoms with Gasteiger partial charge in [-0.25, -0.2) is 13.4 Å². The number of amides is 1. The highest BCUT2D eigenvalue weighted by Gasteiger charge is 2.23. The van der Waals surface area contributed by atoms with Crippen LogP contribution in [-0.4, -0.2) is 26.4 Å². The lowest BCUT2D eigenvalue weighted by atomic mass is 9.97. The molecule has 1 amide bonds. The molecule has 0 fully saturated rings. The van der Waals surface area contributed by atoms with Crippen LogP contribution < -0.4 is 9.62 Å². The number of aromatic nitrogens is 1. The van der Waals surface area contributed by atoms with Gasteiger partial charge in [-0.3, -0.25) is 9.10 Å². The van der Waals surface area contributed by atoms with Crippen LogP contribution in [0.15, 0.2) is 82.1 Å². The Morgan fingerprint density at radius 3 is 2.39 bits per heavy atom. The highest BCUT2D eigenvalue weighted by Crippen LogP contribution is 2.28. The van der Waals surface area contributed by atoms with Gasteiger partial charge in [0, 0.05) is 23.7 Å². The molecule has 0 radical (unpaired) electrons. The summed E-state index contributed by atoms with van der Waals surface area (Å²) in [7, 11) is -2.35. The Hall–Kier alpha value is -3.65. The summed E-state index contributed by atoms with van der Waals surface area (Å²) in [5, 5.41) is 2.81. The summed E-state index contributed by atoms with van der Waals surface area (Å²) in [4.78, 5) is 17.4. The molecule has 0 bridgehead atoms. The van der Waals surface area contributed by atoms with Crippen LogP contribution in [0.1, 0.15) is 37.0 Å². The molecule has 1 heterocycles. The Morgan fingerprint density at radius 2 is 1.70 bits per heavy atom. The average molecular weight is 464 g/mol. The lowest BCUT2D eigenvalue weighted by Gasteiger charge is -2.19. The zero-order valence-corrected chi connectivity index (χ0v) is 19.7. The van der Waals surface area contributed by atoms with Gasteiger partial charge in [-0.2, -0.15) is 0 Å². The molecule has 33 heavy (non-hydrogen) atoms. The SMILES string of the molecule is CN(c1ccccc1)S(=O)(=O)c1cccc(C(=O)Nc2ccc3oc(C(C)(C)C)nc3c2)c1. The predicted octanol–water partition coefficient (Wildman–Crippen LogP) is 5.20. The van der Waals surface area contributed by atoms with Crippen LogP contribution in [0.2, 0.25) is 0 Å². The van der Waals surface area contributed by atoms with Crippen molar-refractivity contribution in [3.63, 3.8) is 0 Å². The number of carbonyl (C=O) groups excluding carboxylic acids is 1. The molecule has 0 saturated heterocycles. The summed E-state index contributed by atoms with van der Waals surface area (Å²) in [5.41, 5.74) is 2.34. The molecular weight excluding hydrogens is 438 g/mol. The fourth-order valence-corrected chi connectivity index (χ4v) is 4.50. The summed E-state index contributed by atoms with van der Waals surface area (Å²) in [6, 6.07) is 19.9. The summed E-state index contributed by atoms with van der Waals surface area (Å²) < 4.78 is 33.1. The Labute approximate surface area is 193 Å². The van der Waals surface area contributed by atoms with E-state index in [1.165, 1.54) is 23.5 Å². The van der Waals surface area contributed by atoms with Gasteiger partial charge in [0.05, 0.1) is 10.6 Å². The number of para-hydroxylation sites is 1. The third-order valence-corrected chi connectivity index (χ3v) is 6.94. The second kappa shape index (κ2) is 8.37. The Balaban J connectivity index is 1.58. The van der Waals surface area contributed by atoms with Crippen molar-refractivity contribution in [1.29, 1.82) is 0 Å². The van der Waals surface area contributed by atoms with Gasteiger partial charge in [-0.15, -0.1) is 0 Å². The number of hydrogen-bond donors (Lipinski definition) is 1. The minimum absolute atomic E-state index is 0.0308. The van der Waals surface area contributed by atoms with Gasteiger partial charge in [0.2, 0.25) is 5.89 Å². The minimum atomic E-state index is -3.83. The highest BCUT2D eigenvalue weighted by molar-refractivity contribution is 7.92. The number of rotatable bonds is 5. The molecule has 170 valence electrons. The van der Waals surface area contributed by atoms with Gasteiger partial charge in [-0.05, 0) is 48.5 Å². The molecule has 3 aromatic carbocycles. The molecule has 7 nitrogen and oxygen atoms in total. The highest BCUT2D eigenvalue weighted by atomic mass is 32.2. The fourth-order valence-electron chi connectivity index (χ4n) is 3.26. The fraction of sp³-hybridized carbons (Fsp3) is 0.200. The molecular formula is C25H25N3O4S. The van der Waals surface area contributed by atoms with Crippen LogP contribution in [0, 0.1) is 0 Å². The first-order valence-electron chi connectivity index (χ1n) is 10.4. The van der Waals surface area contributed by atoms with Crippen molar-refractivity contribution in [2.75, 3.05) is 16.7 Å². The lowest BCUT2D eigenvalue weighted by molar-refractivity contribution is 0.102. The first-order chi connectivity index (χ1) is 15.6. The van der Waals surface area contributed by atoms with Crippen LogP contribution in [-0.2, 0) is 15.4 Å². The van der Waals surface area contributed by atoms with E-state index in [1.54, 1.807) is 54.6 Å². The molecule has 0 atom stereocenters. The molecule has 4 aromatic rings. The van der Waals surface area contributed by atoms with Gasteiger partial charge in [0.1, 0.15) is 5.52 Å². The number of nitrogens with one attached hydrogen (secondary N) is 1. The number of fused-ring (bicyclic) bond motifs is 1. The molecule has 0 saturated carbocycles. The second-order valence-electron chi connectivity index (χ2n) is 8.74. The number of sulfonamides is 1. The maximum atomic E-state index is 13.1. The van der Waals surface area contributed by atoms with E-state index in [9.17, 15) is 13.2 Å². The van der Waals surface area contributed by atoms with E-state index in [1.807, 2.05) is 26.8 Å². The maximum absolute atomic E-state index is 13.1. The summed E-state index contributed by atoms with van der Waals surface area (Å²) in [6.07, 6.45) is 0. The van der Waals surface area contributed by atoms with Gasteiger partial charge in [-0.1, -0.05) is 45.0 Å². The number of anilines is 2. The molecule has 0 spiro atoms. The third kappa shape index (κ3) is 4.61. The predicted molar refractivity (Wildman–Crippen MR) is 129 cm³/mol. The average Bonchev–Trinajstić information content (AvgIpc) is 3.23. The van der Waals surface area contributed by atoms with E-state index < -0.39 is 15.9 Å². The Bertz CT molecular complexity index is 1420. The Morgan fingerprint density at radius 1 is 0.970 bits per heavy atom. The van der Waals surface area contributed by atoms with Crippen molar-refractivity contribution in [2.45, 2.75) is 31.1 Å². The third-order valence-electron chi connectivity index (χ3n) is 5.16. The zero-order valence-electron chi connectivity index (χ0n) is 18.9. The summed E-state index contributed by atoms with van der Waals surface area (Å²) in [6.45, 7) is 6.03. The topological polar surface area (TPSA) is 92.5 Å². The molecule has 0 unspecified atom stereocenters. The standard InChI is InChI=1S/C25H25N3O4S/c1-25(2,3)24-27-21-16-18(13-14-22(21)32-24)26-23(29)17-9-8-12-20(15-17)33(30,31)28(4)19-10-6-5-7-11-19/h5-16H,1-4H3,(H,26,29). The van der Waals surface area contributed by atoms with Crippen molar-refractivity contribution < 1.29 is 17.6 Å². The second-order valence-corrected chi connectivity index (χ2v) is 10.7.